The number of carbonyl (C=O) groups excluding carboxylic acids is 1. The Morgan fingerprint density at radius 1 is 0.972 bits per heavy atom. The third-order valence-corrected chi connectivity index (χ3v) is 6.15. The molecule has 10 heteroatoms. The first-order valence-electron chi connectivity index (χ1n) is 12.1. The molecule has 4 rings (SSSR count). The van der Waals surface area contributed by atoms with Crippen molar-refractivity contribution in [3.63, 3.8) is 0 Å². The summed E-state index contributed by atoms with van der Waals surface area (Å²) in [5.74, 6) is 2.79. The Morgan fingerprint density at radius 3 is 2.56 bits per heavy atom. The van der Waals surface area contributed by atoms with E-state index in [0.29, 0.717) is 37.0 Å². The average molecular weight is 492 g/mol. The van der Waals surface area contributed by atoms with E-state index < -0.39 is 0 Å². The minimum Gasteiger partial charge on any atom is -0.497 e. The number of hydrogen-bond acceptors (Lipinski definition) is 9. The Bertz CT molecular complexity index is 1160. The van der Waals surface area contributed by atoms with Gasteiger partial charge in [0.05, 0.1) is 26.5 Å². The van der Waals surface area contributed by atoms with Crippen LogP contribution in [-0.2, 0) is 17.8 Å². The molecule has 0 aliphatic carbocycles. The molecular weight excluding hydrogens is 458 g/mol. The quantitative estimate of drug-likeness (QED) is 0.466. The molecule has 0 radical (unpaired) electrons. The maximum atomic E-state index is 12.8. The zero-order valence-corrected chi connectivity index (χ0v) is 20.8. The van der Waals surface area contributed by atoms with E-state index in [2.05, 4.69) is 25.2 Å². The van der Waals surface area contributed by atoms with Gasteiger partial charge in [0, 0.05) is 32.6 Å². The Kier molecular flexibility index (Phi) is 8.51. The van der Waals surface area contributed by atoms with E-state index in [1.807, 2.05) is 53.4 Å². The summed E-state index contributed by atoms with van der Waals surface area (Å²) in [5, 5.41) is 3.16. The number of hydrogen-bond donors (Lipinski definition) is 2. The second-order valence-electron chi connectivity index (χ2n) is 8.62. The van der Waals surface area contributed by atoms with Gasteiger partial charge >= 0.3 is 0 Å². The zero-order chi connectivity index (χ0) is 25.3. The van der Waals surface area contributed by atoms with Crippen LogP contribution in [0.5, 0.6) is 11.5 Å². The van der Waals surface area contributed by atoms with Gasteiger partial charge in [-0.05, 0) is 42.7 Å². The number of nitrogens with zero attached hydrogens (tertiary/aromatic N) is 5. The fraction of sp³-hybridized carbons (Fsp3) is 0.385. The van der Waals surface area contributed by atoms with Gasteiger partial charge in [0.25, 0.3) is 0 Å². The van der Waals surface area contributed by atoms with Crippen molar-refractivity contribution >= 4 is 23.5 Å². The molecule has 0 atom stereocenters. The fourth-order valence-electron chi connectivity index (χ4n) is 4.21. The molecule has 2 aromatic carbocycles. The van der Waals surface area contributed by atoms with E-state index in [9.17, 15) is 4.79 Å². The lowest BCUT2D eigenvalue weighted by Crippen LogP contribution is -2.35. The van der Waals surface area contributed by atoms with Gasteiger partial charge in [-0.3, -0.25) is 9.69 Å². The van der Waals surface area contributed by atoms with Crippen molar-refractivity contribution in [1.29, 1.82) is 0 Å². The molecule has 3 aromatic rings. The zero-order valence-electron chi connectivity index (χ0n) is 20.8. The predicted octanol–water partition coefficient (Wildman–Crippen LogP) is 2.88. The second kappa shape index (κ2) is 12.2. The molecule has 0 unspecified atom stereocenters. The molecule has 1 amide bonds. The van der Waals surface area contributed by atoms with Crippen molar-refractivity contribution in [2.45, 2.75) is 25.8 Å². The first-order valence-corrected chi connectivity index (χ1v) is 12.1. The van der Waals surface area contributed by atoms with Crippen LogP contribution in [0.25, 0.3) is 0 Å². The lowest BCUT2D eigenvalue weighted by molar-refractivity contribution is -0.131. The number of amides is 1. The molecule has 1 aromatic heterocycles. The molecule has 190 valence electrons. The molecule has 1 fully saturated rings. The van der Waals surface area contributed by atoms with E-state index in [-0.39, 0.29) is 11.9 Å². The number of aromatic nitrogens is 3. The minimum atomic E-state index is 0.155. The van der Waals surface area contributed by atoms with Gasteiger partial charge in [-0.15, -0.1) is 0 Å². The van der Waals surface area contributed by atoms with Gasteiger partial charge in [0.2, 0.25) is 17.8 Å². The van der Waals surface area contributed by atoms with Crippen LogP contribution in [0.3, 0.4) is 0 Å². The summed E-state index contributed by atoms with van der Waals surface area (Å²) in [6.07, 6.45) is 2.10. The highest BCUT2D eigenvalue weighted by atomic mass is 16.5. The highest BCUT2D eigenvalue weighted by Gasteiger charge is 2.20. The van der Waals surface area contributed by atoms with Crippen LogP contribution in [0.2, 0.25) is 0 Å². The summed E-state index contributed by atoms with van der Waals surface area (Å²) in [4.78, 5) is 30.1. The van der Waals surface area contributed by atoms with Gasteiger partial charge in [-0.25, -0.2) is 0 Å². The molecule has 10 nitrogen and oxygen atoms in total. The number of aryl methyl sites for hydroxylation is 1. The van der Waals surface area contributed by atoms with Crippen LogP contribution >= 0.6 is 0 Å². The summed E-state index contributed by atoms with van der Waals surface area (Å²) < 4.78 is 10.6. The maximum Gasteiger partial charge on any atom is 0.232 e. The van der Waals surface area contributed by atoms with Crippen molar-refractivity contribution in [2.75, 3.05) is 51.4 Å². The highest BCUT2D eigenvalue weighted by molar-refractivity contribution is 5.76. The van der Waals surface area contributed by atoms with E-state index in [1.165, 1.54) is 0 Å². The van der Waals surface area contributed by atoms with Crippen molar-refractivity contribution in [3.8, 4) is 11.5 Å². The topological polar surface area (TPSA) is 119 Å². The molecule has 36 heavy (non-hydrogen) atoms. The molecule has 1 aliphatic rings. The number of nitrogens with one attached hydrogen (secondary N) is 1. The van der Waals surface area contributed by atoms with Crippen LogP contribution in [0, 0.1) is 0 Å². The van der Waals surface area contributed by atoms with Crippen LogP contribution < -0.4 is 20.5 Å². The molecule has 2 heterocycles. The lowest BCUT2D eigenvalue weighted by atomic mass is 10.1. The summed E-state index contributed by atoms with van der Waals surface area (Å²) in [6, 6.07) is 15.4. The number of nitrogens with two attached hydrogens (primary N) is 1. The number of rotatable bonds is 9. The van der Waals surface area contributed by atoms with Crippen LogP contribution in [0.4, 0.5) is 17.6 Å². The maximum absolute atomic E-state index is 12.8. The number of ether oxygens (including phenoxy) is 2. The Labute approximate surface area is 211 Å². The summed E-state index contributed by atoms with van der Waals surface area (Å²) in [7, 11) is 3.26. The molecule has 0 bridgehead atoms. The van der Waals surface area contributed by atoms with E-state index >= 15 is 0 Å². The van der Waals surface area contributed by atoms with Gasteiger partial charge in [0.1, 0.15) is 17.3 Å². The normalized spacial score (nSPS) is 14.2. The van der Waals surface area contributed by atoms with Crippen molar-refractivity contribution in [1.82, 2.24) is 24.8 Å². The number of nitrogen functional groups attached to an aromatic ring is 1. The largest absolute Gasteiger partial charge is 0.497 e. The standard InChI is InChI=1S/C26H33N7O3/c1-35-20-11-8-19(9-12-20)10-13-24(34)33-15-5-14-32(16-17-33)18-23-29-25(27)31-26(30-23)28-21-6-3-4-7-22(21)36-2/h3-4,6-9,11-12H,5,10,13-18H2,1-2H3,(H3,27,28,29,30,31). The van der Waals surface area contributed by atoms with E-state index in [0.717, 1.165) is 49.5 Å². The highest BCUT2D eigenvalue weighted by Crippen LogP contribution is 2.25. The lowest BCUT2D eigenvalue weighted by Gasteiger charge is -2.22. The Balaban J connectivity index is 1.31. The molecule has 1 aliphatic heterocycles. The Morgan fingerprint density at radius 2 is 1.78 bits per heavy atom. The number of anilines is 3. The van der Waals surface area contributed by atoms with Gasteiger partial charge in [-0.1, -0.05) is 24.3 Å². The molecule has 0 spiro atoms. The second-order valence-corrected chi connectivity index (χ2v) is 8.62. The summed E-state index contributed by atoms with van der Waals surface area (Å²) in [6.45, 7) is 3.55. The van der Waals surface area contributed by atoms with Crippen LogP contribution in [-0.4, -0.2) is 71.1 Å². The summed E-state index contributed by atoms with van der Waals surface area (Å²) >= 11 is 0. The first kappa shape index (κ1) is 25.2. The molecule has 0 saturated carbocycles. The molecule has 1 saturated heterocycles. The fourth-order valence-corrected chi connectivity index (χ4v) is 4.21. The average Bonchev–Trinajstić information content (AvgIpc) is 3.13. The predicted molar refractivity (Wildman–Crippen MR) is 138 cm³/mol. The number of carbonyl (C=O) groups is 1. The van der Waals surface area contributed by atoms with Crippen LogP contribution in [0.15, 0.2) is 48.5 Å². The third-order valence-electron chi connectivity index (χ3n) is 6.15. The SMILES string of the molecule is COc1ccc(CCC(=O)N2CCCN(Cc3nc(N)nc(Nc4ccccc4OC)n3)CC2)cc1. The summed E-state index contributed by atoms with van der Waals surface area (Å²) in [5.41, 5.74) is 7.84. The van der Waals surface area contributed by atoms with Crippen molar-refractivity contribution in [3.05, 3.63) is 59.9 Å². The van der Waals surface area contributed by atoms with Gasteiger partial charge in [0.15, 0.2) is 0 Å². The van der Waals surface area contributed by atoms with Gasteiger partial charge in [-0.2, -0.15) is 15.0 Å². The third kappa shape index (κ3) is 6.82. The number of benzene rings is 2. The van der Waals surface area contributed by atoms with Gasteiger partial charge < -0.3 is 25.4 Å². The van der Waals surface area contributed by atoms with Crippen molar-refractivity contribution < 1.29 is 14.3 Å². The minimum absolute atomic E-state index is 0.155. The molecular formula is C26H33N7O3. The van der Waals surface area contributed by atoms with E-state index in [4.69, 9.17) is 15.2 Å². The van der Waals surface area contributed by atoms with E-state index in [1.54, 1.807) is 14.2 Å². The number of methoxy groups -OCH3 is 2. The van der Waals surface area contributed by atoms with Crippen LogP contribution in [0.1, 0.15) is 24.2 Å². The smallest absolute Gasteiger partial charge is 0.232 e. The Hall–Kier alpha value is -3.92. The number of para-hydroxylation sites is 2. The first-order chi connectivity index (χ1) is 17.5. The monoisotopic (exact) mass is 491 g/mol. The molecule has 3 N–H and O–H groups in total. The van der Waals surface area contributed by atoms with Crippen molar-refractivity contribution in [2.24, 2.45) is 0 Å².